The molecule has 1 fully saturated rings. The number of sulfonamides is 1. The molecule has 1 atom stereocenters. The second-order valence-electron chi connectivity index (χ2n) is 8.10. The molecular formula is C24H23F2N3O4S. The molecule has 2 heterocycles. The Morgan fingerprint density at radius 1 is 1.00 bits per heavy atom. The molecule has 4 rings (SSSR count). The molecule has 1 N–H and O–H groups in total. The molecule has 34 heavy (non-hydrogen) atoms. The molecule has 0 bridgehead atoms. The van der Waals surface area contributed by atoms with E-state index >= 15 is 0 Å². The van der Waals surface area contributed by atoms with E-state index in [0.29, 0.717) is 19.3 Å². The van der Waals surface area contributed by atoms with Crippen LogP contribution in [0.15, 0.2) is 59.6 Å². The van der Waals surface area contributed by atoms with Crippen molar-refractivity contribution in [3.05, 3.63) is 89.0 Å². The molecular weight excluding hydrogens is 464 g/mol. The molecule has 0 unspecified atom stereocenters. The van der Waals surface area contributed by atoms with E-state index < -0.39 is 27.9 Å². The van der Waals surface area contributed by atoms with Gasteiger partial charge in [0.1, 0.15) is 17.5 Å². The van der Waals surface area contributed by atoms with Crippen LogP contribution < -0.4 is 0 Å². The number of carboxylic acid groups (broad SMARTS) is 1. The normalized spacial score (nSPS) is 16.9. The van der Waals surface area contributed by atoms with Gasteiger partial charge in [-0.2, -0.15) is 4.31 Å². The van der Waals surface area contributed by atoms with E-state index in [9.17, 15) is 27.1 Å². The van der Waals surface area contributed by atoms with Crippen molar-refractivity contribution in [2.75, 3.05) is 6.54 Å². The smallest absolute Gasteiger partial charge is 0.339 e. The minimum absolute atomic E-state index is 0.0283. The summed E-state index contributed by atoms with van der Waals surface area (Å²) < 4.78 is 54.4. The summed E-state index contributed by atoms with van der Waals surface area (Å²) in [6.07, 6.45) is 3.79. The predicted molar refractivity (Wildman–Crippen MR) is 120 cm³/mol. The lowest BCUT2D eigenvalue weighted by Gasteiger charge is -2.33. The van der Waals surface area contributed by atoms with Crippen molar-refractivity contribution in [3.63, 3.8) is 0 Å². The van der Waals surface area contributed by atoms with E-state index in [1.54, 1.807) is 12.1 Å². The molecule has 0 spiro atoms. The number of aryl methyl sites for hydroxylation is 2. The Hall–Kier alpha value is -3.24. The Morgan fingerprint density at radius 3 is 2.29 bits per heavy atom. The Labute approximate surface area is 196 Å². The van der Waals surface area contributed by atoms with Crippen LogP contribution in [0.5, 0.6) is 0 Å². The first kappa shape index (κ1) is 23.9. The molecule has 0 radical (unpaired) electrons. The van der Waals surface area contributed by atoms with Crippen LogP contribution in [0.2, 0.25) is 0 Å². The molecule has 2 aromatic carbocycles. The highest BCUT2D eigenvalue weighted by Crippen LogP contribution is 2.34. The van der Waals surface area contributed by atoms with Crippen molar-refractivity contribution in [2.45, 2.75) is 43.0 Å². The van der Waals surface area contributed by atoms with Crippen molar-refractivity contribution >= 4 is 16.0 Å². The maximum Gasteiger partial charge on any atom is 0.339 e. The van der Waals surface area contributed by atoms with Gasteiger partial charge >= 0.3 is 5.97 Å². The van der Waals surface area contributed by atoms with Crippen LogP contribution in [0.25, 0.3) is 0 Å². The Bertz CT molecular complexity index is 1280. The van der Waals surface area contributed by atoms with Gasteiger partial charge in [-0.05, 0) is 67.6 Å². The average molecular weight is 488 g/mol. The Kier molecular flexibility index (Phi) is 6.99. The standard InChI is InChI=1S/C24H23F2N3O4S/c25-17-7-4-16(5-8-17)6-13-21-20(24(30)31)15-27-23(28-21)22-3-1-2-14-29(22)34(32,33)19-11-9-18(26)10-12-19/h4-5,7-12,15,22H,1-3,6,13-14H2,(H,30,31)/t22-/m0/s1. The second-order valence-corrected chi connectivity index (χ2v) is 9.99. The van der Waals surface area contributed by atoms with Crippen molar-refractivity contribution in [1.29, 1.82) is 0 Å². The number of carbonyl (C=O) groups is 1. The highest BCUT2D eigenvalue weighted by molar-refractivity contribution is 7.89. The molecule has 1 aromatic heterocycles. The first-order valence-corrected chi connectivity index (χ1v) is 12.3. The van der Waals surface area contributed by atoms with Gasteiger partial charge in [-0.25, -0.2) is 32.0 Å². The lowest BCUT2D eigenvalue weighted by molar-refractivity contribution is 0.0694. The number of piperidine rings is 1. The summed E-state index contributed by atoms with van der Waals surface area (Å²) in [5.74, 6) is -1.85. The van der Waals surface area contributed by atoms with Crippen LogP contribution in [0.4, 0.5) is 8.78 Å². The highest BCUT2D eigenvalue weighted by Gasteiger charge is 2.36. The fraction of sp³-hybridized carbons (Fsp3) is 0.292. The summed E-state index contributed by atoms with van der Waals surface area (Å²) in [6, 6.07) is 9.87. The zero-order chi connectivity index (χ0) is 24.3. The van der Waals surface area contributed by atoms with Gasteiger partial charge < -0.3 is 5.11 Å². The third-order valence-electron chi connectivity index (χ3n) is 5.85. The number of aromatic carboxylic acids is 1. The van der Waals surface area contributed by atoms with E-state index in [1.165, 1.54) is 34.8 Å². The average Bonchev–Trinajstić information content (AvgIpc) is 2.83. The summed E-state index contributed by atoms with van der Waals surface area (Å²) in [5.41, 5.74) is 1.04. The van der Waals surface area contributed by atoms with Gasteiger partial charge in [0.15, 0.2) is 0 Å². The minimum Gasteiger partial charge on any atom is -0.478 e. The Balaban J connectivity index is 1.65. The molecule has 178 valence electrons. The topological polar surface area (TPSA) is 100 Å². The lowest BCUT2D eigenvalue weighted by Crippen LogP contribution is -2.39. The van der Waals surface area contributed by atoms with E-state index in [2.05, 4.69) is 9.97 Å². The zero-order valence-electron chi connectivity index (χ0n) is 18.2. The van der Waals surface area contributed by atoms with Crippen LogP contribution in [-0.2, 0) is 22.9 Å². The summed E-state index contributed by atoms with van der Waals surface area (Å²) >= 11 is 0. The molecule has 1 saturated heterocycles. The maximum absolute atomic E-state index is 13.3. The molecule has 7 nitrogen and oxygen atoms in total. The first-order chi connectivity index (χ1) is 16.3. The number of hydrogen-bond acceptors (Lipinski definition) is 5. The van der Waals surface area contributed by atoms with Crippen LogP contribution in [0.3, 0.4) is 0 Å². The highest BCUT2D eigenvalue weighted by atomic mass is 32.2. The van der Waals surface area contributed by atoms with Gasteiger partial charge in [0.2, 0.25) is 10.0 Å². The van der Waals surface area contributed by atoms with Gasteiger partial charge in [-0.15, -0.1) is 0 Å². The second kappa shape index (κ2) is 9.94. The SMILES string of the molecule is O=C(O)c1cnc([C@@H]2CCCCN2S(=O)(=O)c2ccc(F)cc2)nc1CCc1ccc(F)cc1. The van der Waals surface area contributed by atoms with Crippen molar-refractivity contribution in [2.24, 2.45) is 0 Å². The van der Waals surface area contributed by atoms with E-state index in [1.807, 2.05) is 0 Å². The molecule has 0 saturated carbocycles. The van der Waals surface area contributed by atoms with Gasteiger partial charge in [0, 0.05) is 12.7 Å². The number of rotatable bonds is 7. The summed E-state index contributed by atoms with van der Waals surface area (Å²) in [5, 5.41) is 9.59. The minimum atomic E-state index is -3.94. The van der Waals surface area contributed by atoms with Crippen molar-refractivity contribution < 1.29 is 27.1 Å². The van der Waals surface area contributed by atoms with Crippen molar-refractivity contribution in [3.8, 4) is 0 Å². The van der Waals surface area contributed by atoms with E-state index in [4.69, 9.17) is 0 Å². The molecule has 10 heteroatoms. The third-order valence-corrected chi connectivity index (χ3v) is 7.77. The number of carboxylic acids is 1. The molecule has 1 aliphatic heterocycles. The zero-order valence-corrected chi connectivity index (χ0v) is 19.0. The molecule has 1 aliphatic rings. The van der Waals surface area contributed by atoms with Gasteiger partial charge in [0.25, 0.3) is 0 Å². The largest absolute Gasteiger partial charge is 0.478 e. The van der Waals surface area contributed by atoms with Crippen molar-refractivity contribution in [1.82, 2.24) is 14.3 Å². The monoisotopic (exact) mass is 487 g/mol. The Morgan fingerprint density at radius 2 is 1.65 bits per heavy atom. The number of benzene rings is 2. The van der Waals surface area contributed by atoms with Crippen LogP contribution in [0, 0.1) is 11.6 Å². The number of nitrogens with zero attached hydrogens (tertiary/aromatic N) is 3. The van der Waals surface area contributed by atoms with E-state index in [0.717, 1.165) is 24.1 Å². The number of hydrogen-bond donors (Lipinski definition) is 1. The molecule has 0 aliphatic carbocycles. The van der Waals surface area contributed by atoms with Crippen LogP contribution >= 0.6 is 0 Å². The summed E-state index contributed by atoms with van der Waals surface area (Å²) in [7, 11) is -3.94. The van der Waals surface area contributed by atoms with Crippen LogP contribution in [0.1, 0.15) is 52.7 Å². The number of aromatic nitrogens is 2. The van der Waals surface area contributed by atoms with Crippen LogP contribution in [-0.4, -0.2) is 40.3 Å². The number of halogens is 2. The summed E-state index contributed by atoms with van der Waals surface area (Å²) in [4.78, 5) is 20.4. The van der Waals surface area contributed by atoms with Gasteiger partial charge in [-0.1, -0.05) is 18.6 Å². The van der Waals surface area contributed by atoms with E-state index in [-0.39, 0.29) is 40.8 Å². The van der Waals surface area contributed by atoms with Gasteiger partial charge in [-0.3, -0.25) is 0 Å². The quantitative estimate of drug-likeness (QED) is 0.537. The summed E-state index contributed by atoms with van der Waals surface area (Å²) in [6.45, 7) is 0.249. The third kappa shape index (κ3) is 5.13. The first-order valence-electron chi connectivity index (χ1n) is 10.9. The predicted octanol–water partition coefficient (Wildman–Crippen LogP) is 4.15. The lowest BCUT2D eigenvalue weighted by atomic mass is 10.0. The van der Waals surface area contributed by atoms with Gasteiger partial charge in [0.05, 0.1) is 22.2 Å². The molecule has 3 aromatic rings. The fourth-order valence-corrected chi connectivity index (χ4v) is 5.72. The molecule has 0 amide bonds. The fourth-order valence-electron chi connectivity index (χ4n) is 4.07. The maximum atomic E-state index is 13.3.